The highest BCUT2D eigenvalue weighted by Crippen LogP contribution is 2.12. The van der Waals surface area contributed by atoms with Crippen LogP contribution in [-0.4, -0.2) is 9.38 Å². The van der Waals surface area contributed by atoms with Crippen LogP contribution in [0.4, 0.5) is 0 Å². The van der Waals surface area contributed by atoms with Gasteiger partial charge in [0.1, 0.15) is 10.7 Å². The Balaban J connectivity index is 2.76. The van der Waals surface area contributed by atoms with E-state index in [1.165, 1.54) is 4.83 Å². The summed E-state index contributed by atoms with van der Waals surface area (Å²) in [5.74, 6) is 1.15. The fourth-order valence-electron chi connectivity index (χ4n) is 1.05. The number of rotatable bonds is 1. The zero-order chi connectivity index (χ0) is 6.97. The van der Waals surface area contributed by atoms with Gasteiger partial charge in [0, 0.05) is 18.0 Å². The van der Waals surface area contributed by atoms with Crippen LogP contribution in [0.1, 0.15) is 12.7 Å². The van der Waals surface area contributed by atoms with Gasteiger partial charge in [-0.1, -0.05) is 6.92 Å². The van der Waals surface area contributed by atoms with E-state index in [2.05, 4.69) is 27.9 Å². The van der Waals surface area contributed by atoms with Crippen molar-refractivity contribution in [2.45, 2.75) is 13.3 Å². The Kier molecular flexibility index (Phi) is 1.24. The average Bonchev–Trinajstić information content (AvgIpc) is 2.44. The summed E-state index contributed by atoms with van der Waals surface area (Å²) in [6.45, 7) is 2.12. The first-order valence-corrected chi connectivity index (χ1v) is 4.19. The topological polar surface area (TPSA) is 17.3 Å². The van der Waals surface area contributed by atoms with Crippen LogP contribution >= 0.6 is 11.3 Å². The summed E-state index contributed by atoms with van der Waals surface area (Å²) in [4.78, 5) is 5.48. The number of imidazole rings is 1. The first kappa shape index (κ1) is 5.92. The smallest absolute Gasteiger partial charge is 0.119 e. The van der Waals surface area contributed by atoms with Crippen molar-refractivity contribution in [3.63, 3.8) is 0 Å². The molecule has 0 aliphatic heterocycles. The number of aromatic nitrogens is 2. The summed E-state index contributed by atoms with van der Waals surface area (Å²) in [6, 6.07) is 0. The molecule has 2 heterocycles. The van der Waals surface area contributed by atoms with Crippen molar-refractivity contribution in [1.29, 1.82) is 0 Å². The summed E-state index contributed by atoms with van der Waals surface area (Å²) >= 11 is 1.72. The molecule has 0 N–H and O–H groups in total. The summed E-state index contributed by atoms with van der Waals surface area (Å²) in [7, 11) is 0. The maximum absolute atomic E-state index is 4.25. The predicted molar refractivity (Wildman–Crippen MR) is 42.4 cm³/mol. The van der Waals surface area contributed by atoms with Crippen LogP contribution < -0.4 is 0 Å². The van der Waals surface area contributed by atoms with Gasteiger partial charge in [0.05, 0.1) is 6.20 Å². The minimum atomic E-state index is 1.00. The van der Waals surface area contributed by atoms with Gasteiger partial charge in [0.15, 0.2) is 0 Å². The third-order valence-electron chi connectivity index (χ3n) is 1.55. The van der Waals surface area contributed by atoms with Crippen molar-refractivity contribution in [2.24, 2.45) is 0 Å². The van der Waals surface area contributed by atoms with Gasteiger partial charge >= 0.3 is 0 Å². The van der Waals surface area contributed by atoms with Crippen molar-refractivity contribution in [3.8, 4) is 0 Å². The molecule has 0 fully saturated rings. The predicted octanol–water partition coefficient (Wildman–Crippen LogP) is 1.96. The molecule has 0 atom stereocenters. The second-order valence-electron chi connectivity index (χ2n) is 2.14. The Hall–Kier alpha value is -0.830. The highest BCUT2D eigenvalue weighted by atomic mass is 32.1. The molecule has 0 saturated carbocycles. The number of nitrogens with zero attached hydrogens (tertiary/aromatic N) is 2. The van der Waals surface area contributed by atoms with Crippen molar-refractivity contribution < 1.29 is 0 Å². The van der Waals surface area contributed by atoms with Gasteiger partial charge in [0.25, 0.3) is 0 Å². The van der Waals surface area contributed by atoms with E-state index in [9.17, 15) is 0 Å². The molecule has 0 aliphatic carbocycles. The molecular formula is C7H8N2S. The lowest BCUT2D eigenvalue weighted by Gasteiger charge is -1.88. The van der Waals surface area contributed by atoms with Gasteiger partial charge in [-0.05, 0) is 0 Å². The van der Waals surface area contributed by atoms with Crippen LogP contribution in [0.2, 0.25) is 0 Å². The summed E-state index contributed by atoms with van der Waals surface area (Å²) in [6.07, 6.45) is 4.99. The van der Waals surface area contributed by atoms with Gasteiger partial charge < -0.3 is 0 Å². The molecule has 2 rings (SSSR count). The van der Waals surface area contributed by atoms with Crippen LogP contribution in [0.3, 0.4) is 0 Å². The molecular weight excluding hydrogens is 144 g/mol. The van der Waals surface area contributed by atoms with Gasteiger partial charge in [-0.25, -0.2) is 4.98 Å². The third-order valence-corrected chi connectivity index (χ3v) is 2.36. The lowest BCUT2D eigenvalue weighted by Crippen LogP contribution is -1.87. The van der Waals surface area contributed by atoms with Gasteiger partial charge in [-0.3, -0.25) is 4.40 Å². The first-order chi connectivity index (χ1) is 4.92. The quantitative estimate of drug-likeness (QED) is 0.610. The third kappa shape index (κ3) is 0.671. The Labute approximate surface area is 63.1 Å². The fraction of sp³-hybridized carbons (Fsp3) is 0.286. The monoisotopic (exact) mass is 152 g/mol. The molecule has 3 heteroatoms. The summed E-state index contributed by atoms with van der Waals surface area (Å²) < 4.78 is 2.13. The molecule has 0 aliphatic rings. The van der Waals surface area contributed by atoms with Crippen molar-refractivity contribution in [2.75, 3.05) is 0 Å². The molecule has 10 heavy (non-hydrogen) atoms. The van der Waals surface area contributed by atoms with E-state index < -0.39 is 0 Å². The van der Waals surface area contributed by atoms with E-state index in [-0.39, 0.29) is 0 Å². The maximum Gasteiger partial charge on any atom is 0.119 e. The number of thiazole rings is 1. The fourth-order valence-corrected chi connectivity index (χ4v) is 1.77. The molecule has 2 nitrogen and oxygen atoms in total. The molecule has 2 aromatic rings. The number of hydrogen-bond donors (Lipinski definition) is 0. The van der Waals surface area contributed by atoms with Crippen LogP contribution in [0.15, 0.2) is 17.8 Å². The summed E-state index contributed by atoms with van der Waals surface area (Å²) in [5, 5.41) is 2.08. The molecule has 0 radical (unpaired) electrons. The zero-order valence-corrected chi connectivity index (χ0v) is 6.56. The lowest BCUT2D eigenvalue weighted by molar-refractivity contribution is 0.940. The second-order valence-corrected chi connectivity index (χ2v) is 3.07. The lowest BCUT2D eigenvalue weighted by atomic mass is 10.5. The normalized spacial score (nSPS) is 10.9. The highest BCUT2D eigenvalue weighted by Gasteiger charge is 1.99. The van der Waals surface area contributed by atoms with Crippen LogP contribution in [0.5, 0.6) is 0 Å². The Bertz CT molecular complexity index is 334. The Morgan fingerprint density at radius 3 is 3.40 bits per heavy atom. The van der Waals surface area contributed by atoms with E-state index in [0.717, 1.165) is 12.2 Å². The molecule has 0 aromatic carbocycles. The van der Waals surface area contributed by atoms with E-state index >= 15 is 0 Å². The number of aryl methyl sites for hydroxylation is 1. The molecule has 2 aromatic heterocycles. The molecule has 0 unspecified atom stereocenters. The number of fused-ring (bicyclic) bond motifs is 1. The van der Waals surface area contributed by atoms with Crippen molar-refractivity contribution in [1.82, 2.24) is 9.38 Å². The Morgan fingerprint density at radius 1 is 1.70 bits per heavy atom. The van der Waals surface area contributed by atoms with Crippen LogP contribution in [-0.2, 0) is 6.42 Å². The molecule has 0 amide bonds. The van der Waals surface area contributed by atoms with Crippen molar-refractivity contribution in [3.05, 3.63) is 23.6 Å². The first-order valence-electron chi connectivity index (χ1n) is 3.31. The van der Waals surface area contributed by atoms with Crippen molar-refractivity contribution >= 4 is 16.2 Å². The van der Waals surface area contributed by atoms with Gasteiger partial charge in [0.2, 0.25) is 0 Å². The number of hydrogen-bond acceptors (Lipinski definition) is 2. The average molecular weight is 152 g/mol. The standard InChI is InChI=1S/C7H8N2S/c1-2-6-8-5-7-9(6)3-4-10-7/h3-5H,2H2,1H3. The minimum Gasteiger partial charge on any atom is -0.294 e. The van der Waals surface area contributed by atoms with Gasteiger partial charge in [-0.15, -0.1) is 11.3 Å². The summed E-state index contributed by atoms with van der Waals surface area (Å²) in [5.41, 5.74) is 0. The molecule has 0 spiro atoms. The zero-order valence-electron chi connectivity index (χ0n) is 5.74. The van der Waals surface area contributed by atoms with Crippen LogP contribution in [0.25, 0.3) is 4.83 Å². The highest BCUT2D eigenvalue weighted by molar-refractivity contribution is 7.15. The SMILES string of the molecule is CCc1ncc2sccn12. The van der Waals surface area contributed by atoms with E-state index in [4.69, 9.17) is 0 Å². The Morgan fingerprint density at radius 2 is 2.60 bits per heavy atom. The second kappa shape index (κ2) is 2.09. The maximum atomic E-state index is 4.25. The minimum absolute atomic E-state index is 1.00. The van der Waals surface area contributed by atoms with E-state index in [1.807, 2.05) is 6.20 Å². The van der Waals surface area contributed by atoms with E-state index in [1.54, 1.807) is 11.3 Å². The molecule has 52 valence electrons. The van der Waals surface area contributed by atoms with Gasteiger partial charge in [-0.2, -0.15) is 0 Å². The molecule has 0 bridgehead atoms. The largest absolute Gasteiger partial charge is 0.294 e. The molecule has 0 saturated heterocycles. The van der Waals surface area contributed by atoms with E-state index in [0.29, 0.717) is 0 Å². The van der Waals surface area contributed by atoms with Crippen LogP contribution in [0, 0.1) is 0 Å².